The van der Waals surface area contributed by atoms with Gasteiger partial charge in [0, 0.05) is 67.5 Å². The molecule has 415 valence electrons. The van der Waals surface area contributed by atoms with Crippen molar-refractivity contribution in [3.63, 3.8) is 0 Å². The Morgan fingerprint density at radius 1 is 0.352 bits per heavy atom. The van der Waals surface area contributed by atoms with E-state index in [1.807, 2.05) is 83.3 Å². The highest BCUT2D eigenvalue weighted by atomic mass is 35.5. The Balaban J connectivity index is 0.000000116. The highest BCUT2D eigenvalue weighted by Gasteiger charge is 2.19. The summed E-state index contributed by atoms with van der Waals surface area (Å²) >= 11 is 9.74. The van der Waals surface area contributed by atoms with Gasteiger partial charge in [0.05, 0.1) is 0 Å². The van der Waals surface area contributed by atoms with Crippen molar-refractivity contribution in [2.75, 3.05) is 0 Å². The normalized spacial score (nSPS) is 11.5. The highest BCUT2D eigenvalue weighted by molar-refractivity contribution is 7.26. The van der Waals surface area contributed by atoms with Gasteiger partial charge < -0.3 is 18.5 Å². The lowest BCUT2D eigenvalue weighted by molar-refractivity contribution is 0.454. The molecule has 0 unspecified atom stereocenters. The fourth-order valence-electron chi connectivity index (χ4n) is 12.1. The molecule has 12 heteroatoms. The standard InChI is InChI=1S/C38H22N2OS.C24H16BO2S.C14H7ClN2O/c1-2-13-28-23(8-1)18-19-32-35-37(41-36(28)32)34(39-22-40-35)27-12-6-10-25(21-27)24-9-5-11-26(20-24)29-15-7-16-31-30-14-3-4-17-33(30)42-38(29)31;26-25-27-19-9-4-7-17(15-19)16-6-3-8-18(14-16)20-11-5-12-22-21-10-1-2-13-23(21)28-24(20)22;15-14-13-11(16-7-17-14)10-6-5-8-3-1-2-4-9(8)12(10)18-13/h1-22H;1-15,26H;1-7H. The molecule has 1 N–H and O–H groups in total. The van der Waals surface area contributed by atoms with Crippen LogP contribution in [-0.2, 0) is 0 Å². The topological polar surface area (TPSA) is 107 Å². The summed E-state index contributed by atoms with van der Waals surface area (Å²) in [6, 6.07) is 88.7. The molecule has 18 aromatic rings. The van der Waals surface area contributed by atoms with Crippen LogP contribution in [0.15, 0.2) is 276 Å². The predicted octanol–water partition coefficient (Wildman–Crippen LogP) is 21.4. The van der Waals surface area contributed by atoms with Crippen molar-refractivity contribution >= 4 is 148 Å². The van der Waals surface area contributed by atoms with E-state index in [1.165, 1.54) is 68.9 Å². The summed E-state index contributed by atoms with van der Waals surface area (Å²) in [5.41, 5.74) is 15.7. The lowest BCUT2D eigenvalue weighted by Gasteiger charge is -2.09. The lowest BCUT2D eigenvalue weighted by Crippen LogP contribution is -1.99. The number of aromatic nitrogens is 4. The van der Waals surface area contributed by atoms with Gasteiger partial charge in [-0.3, -0.25) is 0 Å². The monoisotopic (exact) mass is 1190 g/mol. The largest absolute Gasteiger partial charge is 0.569 e. The third kappa shape index (κ3) is 9.45. The molecule has 6 aromatic heterocycles. The molecule has 0 aliphatic carbocycles. The number of hydrogen-bond acceptors (Lipinski definition) is 10. The Hall–Kier alpha value is -10.5. The quantitative estimate of drug-likeness (QED) is 0.124. The van der Waals surface area contributed by atoms with Crippen LogP contribution < -0.4 is 4.65 Å². The number of rotatable bonds is 7. The fourth-order valence-corrected chi connectivity index (χ4v) is 14.8. The van der Waals surface area contributed by atoms with Gasteiger partial charge in [-0.15, -0.1) is 22.7 Å². The zero-order valence-electron chi connectivity index (χ0n) is 46.6. The summed E-state index contributed by atoms with van der Waals surface area (Å²) < 4.78 is 22.7. The second-order valence-electron chi connectivity index (χ2n) is 21.3. The average Bonchev–Trinajstić information content (AvgIpc) is 1.86. The first-order valence-corrected chi connectivity index (χ1v) is 30.6. The molecule has 0 bridgehead atoms. The van der Waals surface area contributed by atoms with E-state index >= 15 is 0 Å². The van der Waals surface area contributed by atoms with Gasteiger partial charge in [-0.1, -0.05) is 212 Å². The van der Waals surface area contributed by atoms with Crippen molar-refractivity contribution in [2.24, 2.45) is 0 Å². The van der Waals surface area contributed by atoms with E-state index in [0.717, 1.165) is 88.0 Å². The molecule has 0 fully saturated rings. The summed E-state index contributed by atoms with van der Waals surface area (Å²) in [6.45, 7) is 0. The maximum absolute atomic E-state index is 8.89. The molecule has 8 nitrogen and oxygen atoms in total. The van der Waals surface area contributed by atoms with Crippen LogP contribution in [0.2, 0.25) is 5.15 Å². The molecule has 12 aromatic carbocycles. The fraction of sp³-hybridized carbons (Fsp3) is 0. The van der Waals surface area contributed by atoms with E-state index in [0.29, 0.717) is 29.8 Å². The van der Waals surface area contributed by atoms with Crippen LogP contribution in [0.5, 0.6) is 5.75 Å². The number of furan rings is 2. The van der Waals surface area contributed by atoms with Crippen LogP contribution in [0.4, 0.5) is 0 Å². The number of nitrogens with zero attached hydrogens (tertiary/aromatic N) is 4. The molecular weight excluding hydrogens is 1140 g/mol. The van der Waals surface area contributed by atoms with Crippen molar-refractivity contribution < 1.29 is 18.5 Å². The lowest BCUT2D eigenvalue weighted by atomic mass is 9.96. The van der Waals surface area contributed by atoms with Gasteiger partial charge in [0.15, 0.2) is 16.3 Å². The van der Waals surface area contributed by atoms with Crippen molar-refractivity contribution in [3.8, 4) is 61.5 Å². The molecular formula is C76H45BClN4O4S2. The van der Waals surface area contributed by atoms with Crippen LogP contribution in [0.3, 0.4) is 0 Å². The van der Waals surface area contributed by atoms with Crippen LogP contribution in [0, 0.1) is 0 Å². The second kappa shape index (κ2) is 22.4. The van der Waals surface area contributed by atoms with Gasteiger partial charge in [0.1, 0.15) is 46.3 Å². The minimum atomic E-state index is 0.347. The first-order chi connectivity index (χ1) is 43.5. The summed E-state index contributed by atoms with van der Waals surface area (Å²) in [5, 5.41) is 20.9. The number of halogens is 1. The minimum Gasteiger partial charge on any atom is -0.537 e. The highest BCUT2D eigenvalue weighted by Crippen LogP contribution is 2.44. The third-order valence-corrected chi connectivity index (χ3v) is 18.9. The molecule has 0 saturated carbocycles. The number of benzene rings is 12. The van der Waals surface area contributed by atoms with Crippen molar-refractivity contribution in [1.82, 2.24) is 19.9 Å². The SMILES string of the molecule is Clc1ncnc2c1oc1c3ccccc3ccc21.O[B]Oc1cccc(-c2cccc(-c3cccc4c3sc3ccccc34)c2)c1.c1cc(-c2cccc(-c3cccc4c3sc3ccccc34)c2)cc(-c2ncnc3c2oc2c4ccccc4ccc32)c1. The summed E-state index contributed by atoms with van der Waals surface area (Å²) in [7, 11) is 0.706. The second-order valence-corrected chi connectivity index (χ2v) is 23.8. The number of thiophene rings is 2. The van der Waals surface area contributed by atoms with Crippen molar-refractivity contribution in [1.29, 1.82) is 0 Å². The smallest absolute Gasteiger partial charge is 0.537 e. The van der Waals surface area contributed by atoms with Gasteiger partial charge in [-0.05, 0) is 110 Å². The van der Waals surface area contributed by atoms with E-state index in [-0.39, 0.29) is 0 Å². The molecule has 6 heterocycles. The Labute approximate surface area is 517 Å². The first kappa shape index (κ1) is 53.0. The van der Waals surface area contributed by atoms with Crippen LogP contribution >= 0.6 is 34.3 Å². The third-order valence-electron chi connectivity index (χ3n) is 16.2. The molecule has 1 radical (unpaired) electrons. The summed E-state index contributed by atoms with van der Waals surface area (Å²) in [5.74, 6) is 0.608. The Bertz CT molecular complexity index is 5740. The number of fused-ring (bicyclic) bond motifs is 16. The summed E-state index contributed by atoms with van der Waals surface area (Å²) in [6.07, 6.45) is 3.09. The van der Waals surface area contributed by atoms with E-state index in [2.05, 4.69) is 209 Å². The Morgan fingerprint density at radius 2 is 0.784 bits per heavy atom. The summed E-state index contributed by atoms with van der Waals surface area (Å²) in [4.78, 5) is 17.5. The molecule has 0 aliphatic heterocycles. The number of hydrogen-bond donors (Lipinski definition) is 1. The maximum atomic E-state index is 8.89. The maximum Gasteiger partial charge on any atom is 0.569 e. The Kier molecular flexibility index (Phi) is 13.5. The van der Waals surface area contributed by atoms with Crippen LogP contribution in [0.25, 0.3) is 162 Å². The van der Waals surface area contributed by atoms with Gasteiger partial charge in [0.25, 0.3) is 0 Å². The molecule has 0 amide bonds. The predicted molar refractivity (Wildman–Crippen MR) is 367 cm³/mol. The van der Waals surface area contributed by atoms with E-state index in [4.69, 9.17) is 35.1 Å². The molecule has 0 atom stereocenters. The zero-order chi connectivity index (χ0) is 58.7. The van der Waals surface area contributed by atoms with Gasteiger partial charge >= 0.3 is 7.69 Å². The van der Waals surface area contributed by atoms with Crippen molar-refractivity contribution in [2.45, 2.75) is 0 Å². The molecule has 0 aliphatic rings. The molecule has 88 heavy (non-hydrogen) atoms. The van der Waals surface area contributed by atoms with Crippen LogP contribution in [-0.4, -0.2) is 32.6 Å². The molecule has 18 rings (SSSR count). The van der Waals surface area contributed by atoms with E-state index in [1.54, 1.807) is 6.33 Å². The average molecular weight is 1190 g/mol. The minimum absolute atomic E-state index is 0.347. The Morgan fingerprint density at radius 3 is 1.35 bits per heavy atom. The van der Waals surface area contributed by atoms with Gasteiger partial charge in [0.2, 0.25) is 0 Å². The van der Waals surface area contributed by atoms with Crippen LogP contribution in [0.1, 0.15) is 0 Å². The van der Waals surface area contributed by atoms with Gasteiger partial charge in [-0.2, -0.15) is 0 Å². The molecule has 0 spiro atoms. The molecule has 0 saturated heterocycles. The van der Waals surface area contributed by atoms with Gasteiger partial charge in [-0.25, -0.2) is 19.9 Å². The first-order valence-electron chi connectivity index (χ1n) is 28.6. The van der Waals surface area contributed by atoms with E-state index < -0.39 is 0 Å². The van der Waals surface area contributed by atoms with Crippen molar-refractivity contribution in [3.05, 3.63) is 273 Å². The zero-order valence-corrected chi connectivity index (χ0v) is 49.0. The van der Waals surface area contributed by atoms with E-state index in [9.17, 15) is 0 Å².